The summed E-state index contributed by atoms with van der Waals surface area (Å²) in [6, 6.07) is 7.57. The van der Waals surface area contributed by atoms with Crippen molar-refractivity contribution in [2.45, 2.75) is 33.6 Å². The van der Waals surface area contributed by atoms with Crippen molar-refractivity contribution in [1.29, 1.82) is 0 Å². The number of amides is 1. The predicted octanol–water partition coefficient (Wildman–Crippen LogP) is 4.86. The number of hydrogen-bond acceptors (Lipinski definition) is 7. The largest absolute Gasteiger partial charge is 0.496 e. The number of ketones is 1. The molecule has 1 amide bonds. The molecule has 0 aliphatic carbocycles. The predicted molar refractivity (Wildman–Crippen MR) is 130 cm³/mol. The van der Waals surface area contributed by atoms with Gasteiger partial charge in [0, 0.05) is 12.5 Å². The number of anilines is 1. The summed E-state index contributed by atoms with van der Waals surface area (Å²) in [6.07, 6.45) is 4.39. The number of thiophene rings is 1. The van der Waals surface area contributed by atoms with E-state index in [-0.39, 0.29) is 12.2 Å². The molecule has 0 spiro atoms. The summed E-state index contributed by atoms with van der Waals surface area (Å²) in [5.74, 6) is -1.28. The summed E-state index contributed by atoms with van der Waals surface area (Å²) in [6.45, 7) is 5.42. The molecule has 0 saturated heterocycles. The number of Topliss-reactive ketones (excluding diaryl/α,β-unsaturated/α-hetero) is 1. The van der Waals surface area contributed by atoms with E-state index in [0.717, 1.165) is 11.3 Å². The Bertz CT molecular complexity index is 1150. The number of benzene rings is 1. The molecule has 0 saturated carbocycles. The van der Waals surface area contributed by atoms with Crippen molar-refractivity contribution in [1.82, 2.24) is 4.98 Å². The minimum Gasteiger partial charge on any atom is -0.496 e. The summed E-state index contributed by atoms with van der Waals surface area (Å²) >= 11 is 1.26. The van der Waals surface area contributed by atoms with Crippen LogP contribution >= 0.6 is 11.3 Å². The Morgan fingerprint density at radius 1 is 1.26 bits per heavy atom. The fraction of sp³-hybridized carbons (Fsp3) is 0.360. The van der Waals surface area contributed by atoms with Crippen LogP contribution in [0, 0.1) is 18.8 Å². The van der Waals surface area contributed by atoms with Gasteiger partial charge in [0.15, 0.2) is 5.78 Å². The normalized spacial score (nSPS) is 12.7. The number of rotatable bonds is 12. The van der Waals surface area contributed by atoms with Crippen LogP contribution in [0.4, 0.5) is 5.00 Å². The first kappa shape index (κ1) is 25.2. The molecule has 0 bridgehead atoms. The van der Waals surface area contributed by atoms with Crippen molar-refractivity contribution in [2.75, 3.05) is 18.6 Å². The summed E-state index contributed by atoms with van der Waals surface area (Å²) < 4.78 is 10.9. The van der Waals surface area contributed by atoms with E-state index < -0.39 is 17.8 Å². The molecule has 180 valence electrons. The van der Waals surface area contributed by atoms with Crippen LogP contribution in [0.2, 0.25) is 0 Å². The summed E-state index contributed by atoms with van der Waals surface area (Å²) in [5.41, 5.74) is 2.00. The third-order valence-electron chi connectivity index (χ3n) is 5.78. The molecule has 34 heavy (non-hydrogen) atoms. The molecular formula is C25H28N2O6S. The fourth-order valence-corrected chi connectivity index (χ4v) is 5.11. The van der Waals surface area contributed by atoms with Gasteiger partial charge in [-0.2, -0.15) is 0 Å². The molecule has 3 rings (SSSR count). The van der Waals surface area contributed by atoms with Gasteiger partial charge in [0.05, 0.1) is 29.7 Å². The molecule has 0 radical (unpaired) electrons. The molecule has 1 N–H and O–H groups in total. The lowest BCUT2D eigenvalue weighted by Crippen LogP contribution is -2.26. The molecule has 2 unspecified atom stereocenters. The minimum atomic E-state index is -0.950. The highest BCUT2D eigenvalue weighted by Crippen LogP contribution is 2.42. The SMILES string of the molecule is COc1ccccc1CCN(C=O)c1sc(-c2ncco2)c(C)c1C(=O)C(C)CC(C)C(=O)O. The third-order valence-corrected chi connectivity index (χ3v) is 7.10. The zero-order chi connectivity index (χ0) is 24.8. The zero-order valence-corrected chi connectivity index (χ0v) is 20.4. The van der Waals surface area contributed by atoms with Gasteiger partial charge in [0.25, 0.3) is 0 Å². The van der Waals surface area contributed by atoms with Crippen molar-refractivity contribution in [3.8, 4) is 16.5 Å². The highest BCUT2D eigenvalue weighted by atomic mass is 32.1. The number of aromatic nitrogens is 1. The second-order valence-electron chi connectivity index (χ2n) is 8.17. The van der Waals surface area contributed by atoms with Crippen molar-refractivity contribution in [3.05, 3.63) is 53.4 Å². The van der Waals surface area contributed by atoms with Crippen LogP contribution in [-0.2, 0) is 16.0 Å². The van der Waals surface area contributed by atoms with Crippen molar-refractivity contribution in [3.63, 3.8) is 0 Å². The van der Waals surface area contributed by atoms with Gasteiger partial charge in [-0.25, -0.2) is 4.98 Å². The smallest absolute Gasteiger partial charge is 0.306 e. The monoisotopic (exact) mass is 484 g/mol. The number of carboxylic acid groups (broad SMARTS) is 1. The number of ether oxygens (including phenoxy) is 1. The van der Waals surface area contributed by atoms with Crippen molar-refractivity contribution in [2.24, 2.45) is 11.8 Å². The van der Waals surface area contributed by atoms with Crippen LogP contribution < -0.4 is 9.64 Å². The summed E-state index contributed by atoms with van der Waals surface area (Å²) in [5, 5.41) is 9.77. The van der Waals surface area contributed by atoms with Crippen LogP contribution in [-0.4, -0.2) is 41.9 Å². The van der Waals surface area contributed by atoms with E-state index in [2.05, 4.69) is 4.98 Å². The number of methoxy groups -OCH3 is 1. The maximum absolute atomic E-state index is 13.5. The summed E-state index contributed by atoms with van der Waals surface area (Å²) in [4.78, 5) is 43.4. The molecular weight excluding hydrogens is 456 g/mol. The molecule has 0 aliphatic rings. The average molecular weight is 485 g/mol. The first-order valence-electron chi connectivity index (χ1n) is 10.9. The Morgan fingerprint density at radius 3 is 2.62 bits per heavy atom. The van der Waals surface area contributed by atoms with E-state index >= 15 is 0 Å². The Morgan fingerprint density at radius 2 is 2.00 bits per heavy atom. The van der Waals surface area contributed by atoms with E-state index in [1.165, 1.54) is 28.7 Å². The molecule has 2 aromatic heterocycles. The highest BCUT2D eigenvalue weighted by molar-refractivity contribution is 7.20. The number of carbonyl (C=O) groups is 3. The van der Waals surface area contributed by atoms with Crippen LogP contribution in [0.5, 0.6) is 5.75 Å². The Labute approximate surface area is 202 Å². The zero-order valence-electron chi connectivity index (χ0n) is 19.6. The molecule has 2 atom stereocenters. The van der Waals surface area contributed by atoms with E-state index in [4.69, 9.17) is 9.15 Å². The third kappa shape index (κ3) is 5.36. The van der Waals surface area contributed by atoms with Crippen LogP contribution in [0.1, 0.15) is 41.8 Å². The number of carboxylic acids is 1. The fourth-order valence-electron chi connectivity index (χ4n) is 3.87. The van der Waals surface area contributed by atoms with E-state index in [0.29, 0.717) is 46.3 Å². The second kappa shape index (κ2) is 11.1. The highest BCUT2D eigenvalue weighted by Gasteiger charge is 2.31. The van der Waals surface area contributed by atoms with E-state index in [9.17, 15) is 19.5 Å². The van der Waals surface area contributed by atoms with Gasteiger partial charge >= 0.3 is 5.97 Å². The van der Waals surface area contributed by atoms with Crippen molar-refractivity contribution < 1.29 is 28.6 Å². The number of carbonyl (C=O) groups excluding carboxylic acids is 2. The number of nitrogens with zero attached hydrogens (tertiary/aromatic N) is 2. The summed E-state index contributed by atoms with van der Waals surface area (Å²) in [7, 11) is 1.60. The molecule has 2 heterocycles. The van der Waals surface area contributed by atoms with Gasteiger partial charge < -0.3 is 19.2 Å². The molecule has 8 nitrogen and oxygen atoms in total. The molecule has 1 aromatic carbocycles. The van der Waals surface area contributed by atoms with Crippen LogP contribution in [0.25, 0.3) is 10.8 Å². The van der Waals surface area contributed by atoms with Gasteiger partial charge in [-0.3, -0.25) is 14.4 Å². The molecule has 9 heteroatoms. The van der Waals surface area contributed by atoms with E-state index in [1.807, 2.05) is 24.3 Å². The van der Waals surface area contributed by atoms with Crippen LogP contribution in [0.15, 0.2) is 41.1 Å². The molecule has 3 aromatic rings. The van der Waals surface area contributed by atoms with Gasteiger partial charge in [-0.05, 0) is 37.0 Å². The Balaban J connectivity index is 1.98. The second-order valence-corrected chi connectivity index (χ2v) is 9.17. The quantitative estimate of drug-likeness (QED) is 0.289. The Kier molecular flexibility index (Phi) is 8.22. The van der Waals surface area contributed by atoms with Gasteiger partial charge in [0.1, 0.15) is 17.0 Å². The van der Waals surface area contributed by atoms with Crippen molar-refractivity contribution >= 4 is 34.5 Å². The number of oxazole rings is 1. The topological polar surface area (TPSA) is 110 Å². The Hall–Kier alpha value is -3.46. The lowest BCUT2D eigenvalue weighted by atomic mass is 9.89. The lowest BCUT2D eigenvalue weighted by Gasteiger charge is -2.20. The maximum Gasteiger partial charge on any atom is 0.306 e. The van der Waals surface area contributed by atoms with E-state index in [1.54, 1.807) is 27.9 Å². The number of hydrogen-bond donors (Lipinski definition) is 1. The molecule has 0 fully saturated rings. The standard InChI is InChI=1S/C25H28N2O6S/c1-15(13-16(2)25(30)31)21(29)20-17(3)22(23-26-10-12-33-23)34-24(20)27(14-28)11-9-18-7-5-6-8-19(18)32-4/h5-8,10,12,14-16H,9,11,13H2,1-4H3,(H,30,31). The first-order chi connectivity index (χ1) is 16.3. The minimum absolute atomic E-state index is 0.194. The van der Waals surface area contributed by atoms with Gasteiger partial charge in [-0.1, -0.05) is 32.0 Å². The lowest BCUT2D eigenvalue weighted by molar-refractivity contribution is -0.141. The van der Waals surface area contributed by atoms with Crippen LogP contribution in [0.3, 0.4) is 0 Å². The molecule has 0 aliphatic heterocycles. The average Bonchev–Trinajstić information content (AvgIpc) is 3.47. The first-order valence-corrected chi connectivity index (χ1v) is 11.7. The number of aliphatic carboxylic acids is 1. The van der Waals surface area contributed by atoms with Gasteiger partial charge in [0.2, 0.25) is 12.3 Å². The maximum atomic E-state index is 13.5. The number of para-hydroxylation sites is 1. The van der Waals surface area contributed by atoms with Gasteiger partial charge in [-0.15, -0.1) is 11.3 Å².